The smallest absolute Gasteiger partial charge is 0.405 e. The Bertz CT molecular complexity index is 924. The van der Waals surface area contributed by atoms with Crippen molar-refractivity contribution >= 4 is 11.9 Å². The number of amides is 1. The Kier molecular flexibility index (Phi) is 5.27. The van der Waals surface area contributed by atoms with E-state index >= 15 is 0 Å². The Labute approximate surface area is 206 Å². The average molecular weight is 470 g/mol. The van der Waals surface area contributed by atoms with Gasteiger partial charge in [-0.3, -0.25) is 4.79 Å². The van der Waals surface area contributed by atoms with Crippen molar-refractivity contribution < 1.29 is 14.7 Å². The molecule has 4 nitrogen and oxygen atoms in total. The van der Waals surface area contributed by atoms with Crippen LogP contribution in [0.25, 0.3) is 0 Å². The van der Waals surface area contributed by atoms with E-state index in [4.69, 9.17) is 0 Å². The van der Waals surface area contributed by atoms with Crippen molar-refractivity contribution in [2.45, 2.75) is 111 Å². The SMILES string of the molecule is C=C(C)[C@@H]1CC[C@]2(NC(=O)O)CC[C@]3(C)[C@H](CC[C@@H]4[C@@]5(C)CCC(=O)C(C)(C)[C@@H]5CC[C@]43C)[C@@H]12. The summed E-state index contributed by atoms with van der Waals surface area (Å²) in [6.45, 7) is 18.7. The monoisotopic (exact) mass is 469 g/mol. The zero-order chi connectivity index (χ0) is 24.9. The molecule has 5 rings (SSSR count). The van der Waals surface area contributed by atoms with E-state index in [1.165, 1.54) is 24.8 Å². The van der Waals surface area contributed by atoms with Gasteiger partial charge in [0.2, 0.25) is 0 Å². The van der Waals surface area contributed by atoms with Crippen molar-refractivity contribution in [2.75, 3.05) is 0 Å². The molecule has 0 unspecified atom stereocenters. The largest absolute Gasteiger partial charge is 0.465 e. The van der Waals surface area contributed by atoms with Gasteiger partial charge in [-0.05, 0) is 111 Å². The molecule has 0 spiro atoms. The highest BCUT2D eigenvalue weighted by Crippen LogP contribution is 2.76. The molecule has 5 fully saturated rings. The molecule has 190 valence electrons. The van der Waals surface area contributed by atoms with E-state index in [-0.39, 0.29) is 27.2 Å². The quantitative estimate of drug-likeness (QED) is 0.419. The normalized spacial score (nSPS) is 51.5. The van der Waals surface area contributed by atoms with Gasteiger partial charge in [-0.1, -0.05) is 46.8 Å². The van der Waals surface area contributed by atoms with E-state index in [1.54, 1.807) is 0 Å². The van der Waals surface area contributed by atoms with Crippen molar-refractivity contribution in [3.05, 3.63) is 12.2 Å². The first kappa shape index (κ1) is 24.4. The molecule has 0 aromatic carbocycles. The zero-order valence-electron chi connectivity index (χ0n) is 22.4. The number of rotatable bonds is 2. The second kappa shape index (κ2) is 7.35. The first-order chi connectivity index (χ1) is 15.7. The summed E-state index contributed by atoms with van der Waals surface area (Å²) in [6.07, 6.45) is 9.73. The number of hydrogen-bond donors (Lipinski definition) is 2. The standard InChI is InChI=1S/C30H47NO3/c1-18(2)19-10-15-30(31-25(33)34)17-16-28(6)20(24(19)30)8-9-22-27(5)13-12-23(32)26(3,4)21(27)11-14-29(22,28)7/h19-22,24,31H,1,8-17H2,2-7H3,(H,33,34)/t19-,20+,21-,22+,24+,27-,28+,29+,30-/m0/s1. The predicted molar refractivity (Wildman–Crippen MR) is 135 cm³/mol. The minimum absolute atomic E-state index is 0.196. The molecule has 0 saturated heterocycles. The van der Waals surface area contributed by atoms with Crippen LogP contribution in [-0.2, 0) is 4.79 Å². The third-order valence-electron chi connectivity index (χ3n) is 13.2. The highest BCUT2D eigenvalue weighted by atomic mass is 16.4. The van der Waals surface area contributed by atoms with Gasteiger partial charge in [-0.15, -0.1) is 0 Å². The van der Waals surface area contributed by atoms with Crippen molar-refractivity contribution in [2.24, 2.45) is 51.2 Å². The minimum Gasteiger partial charge on any atom is -0.465 e. The van der Waals surface area contributed by atoms with Crippen LogP contribution in [0.4, 0.5) is 4.79 Å². The van der Waals surface area contributed by atoms with Crippen LogP contribution in [-0.4, -0.2) is 22.5 Å². The van der Waals surface area contributed by atoms with Crippen LogP contribution in [0.5, 0.6) is 0 Å². The van der Waals surface area contributed by atoms with Gasteiger partial charge in [0.05, 0.1) is 0 Å². The molecule has 0 aliphatic heterocycles. The van der Waals surface area contributed by atoms with E-state index in [0.29, 0.717) is 35.4 Å². The van der Waals surface area contributed by atoms with Crippen LogP contribution < -0.4 is 5.32 Å². The summed E-state index contributed by atoms with van der Waals surface area (Å²) in [5.41, 5.74) is 1.38. The number of Topliss-reactive ketones (excluding diaryl/α,β-unsaturated/α-hetero) is 1. The van der Waals surface area contributed by atoms with Gasteiger partial charge in [-0.25, -0.2) is 4.79 Å². The van der Waals surface area contributed by atoms with Crippen molar-refractivity contribution in [1.82, 2.24) is 5.32 Å². The maximum atomic E-state index is 12.9. The number of nitrogens with one attached hydrogen (secondary N) is 1. The fourth-order valence-corrected chi connectivity index (χ4v) is 11.4. The molecular formula is C30H47NO3. The summed E-state index contributed by atoms with van der Waals surface area (Å²) >= 11 is 0. The zero-order valence-corrected chi connectivity index (χ0v) is 22.4. The molecule has 9 atom stereocenters. The molecule has 0 heterocycles. The van der Waals surface area contributed by atoms with Gasteiger partial charge in [0.15, 0.2) is 0 Å². The Morgan fingerprint density at radius 3 is 2.26 bits per heavy atom. The topological polar surface area (TPSA) is 66.4 Å². The highest BCUT2D eigenvalue weighted by molar-refractivity contribution is 5.85. The summed E-state index contributed by atoms with van der Waals surface area (Å²) in [6, 6.07) is 0. The highest BCUT2D eigenvalue weighted by Gasteiger charge is 2.71. The van der Waals surface area contributed by atoms with Crippen molar-refractivity contribution in [1.29, 1.82) is 0 Å². The van der Waals surface area contributed by atoms with Crippen LogP contribution in [0.2, 0.25) is 0 Å². The summed E-state index contributed by atoms with van der Waals surface area (Å²) in [5.74, 6) is 2.87. The van der Waals surface area contributed by atoms with E-state index in [0.717, 1.165) is 44.9 Å². The number of allylic oxidation sites excluding steroid dienone is 1. The molecule has 0 aromatic rings. The lowest BCUT2D eigenvalue weighted by Gasteiger charge is -2.72. The van der Waals surface area contributed by atoms with Crippen LogP contribution in [0, 0.1) is 51.2 Å². The van der Waals surface area contributed by atoms with Gasteiger partial charge in [-0.2, -0.15) is 0 Å². The van der Waals surface area contributed by atoms with E-state index in [9.17, 15) is 14.7 Å². The average Bonchev–Trinajstić information content (AvgIpc) is 3.10. The molecule has 2 N–H and O–H groups in total. The second-order valence-electron chi connectivity index (χ2n) is 14.4. The van der Waals surface area contributed by atoms with Crippen LogP contribution >= 0.6 is 0 Å². The maximum absolute atomic E-state index is 12.9. The third-order valence-corrected chi connectivity index (χ3v) is 13.2. The molecule has 0 bridgehead atoms. The van der Waals surface area contributed by atoms with Gasteiger partial charge in [0.1, 0.15) is 5.78 Å². The first-order valence-corrected chi connectivity index (χ1v) is 13.9. The van der Waals surface area contributed by atoms with Gasteiger partial charge in [0.25, 0.3) is 0 Å². The molecule has 0 radical (unpaired) electrons. The fraction of sp³-hybridized carbons (Fsp3) is 0.867. The Morgan fingerprint density at radius 2 is 1.62 bits per heavy atom. The molecule has 5 aliphatic rings. The second-order valence-corrected chi connectivity index (χ2v) is 14.4. The van der Waals surface area contributed by atoms with E-state index < -0.39 is 6.09 Å². The van der Waals surface area contributed by atoms with Crippen LogP contribution in [0.1, 0.15) is 106 Å². The number of carboxylic acid groups (broad SMARTS) is 1. The Morgan fingerprint density at radius 1 is 0.912 bits per heavy atom. The fourth-order valence-electron chi connectivity index (χ4n) is 11.4. The minimum atomic E-state index is -0.863. The Hall–Kier alpha value is -1.32. The predicted octanol–water partition coefficient (Wildman–Crippen LogP) is 7.23. The van der Waals surface area contributed by atoms with Gasteiger partial charge in [0, 0.05) is 17.4 Å². The molecule has 34 heavy (non-hydrogen) atoms. The molecule has 1 amide bonds. The van der Waals surface area contributed by atoms with Gasteiger partial charge >= 0.3 is 6.09 Å². The lowest BCUT2D eigenvalue weighted by atomic mass is 9.32. The van der Waals surface area contributed by atoms with Crippen molar-refractivity contribution in [3.63, 3.8) is 0 Å². The summed E-state index contributed by atoms with van der Waals surface area (Å²) in [4.78, 5) is 24.9. The summed E-state index contributed by atoms with van der Waals surface area (Å²) in [7, 11) is 0. The number of hydrogen-bond acceptors (Lipinski definition) is 2. The lowest BCUT2D eigenvalue weighted by Crippen LogP contribution is -2.68. The molecule has 5 aliphatic carbocycles. The third kappa shape index (κ3) is 2.89. The summed E-state index contributed by atoms with van der Waals surface area (Å²) < 4.78 is 0. The Balaban J connectivity index is 1.56. The van der Waals surface area contributed by atoms with Crippen molar-refractivity contribution in [3.8, 4) is 0 Å². The van der Waals surface area contributed by atoms with E-state index in [2.05, 4.69) is 53.4 Å². The first-order valence-electron chi connectivity index (χ1n) is 13.9. The lowest BCUT2D eigenvalue weighted by molar-refractivity contribution is -0.228. The molecule has 0 aromatic heterocycles. The van der Waals surface area contributed by atoms with E-state index in [1.807, 2.05) is 0 Å². The number of fused-ring (bicyclic) bond motifs is 7. The van der Waals surface area contributed by atoms with Crippen LogP contribution in [0.15, 0.2) is 12.2 Å². The summed E-state index contributed by atoms with van der Waals surface area (Å²) in [5, 5.41) is 12.9. The molecular weight excluding hydrogens is 422 g/mol. The number of carbonyl (C=O) groups is 2. The maximum Gasteiger partial charge on any atom is 0.405 e. The van der Waals surface area contributed by atoms with Crippen LogP contribution in [0.3, 0.4) is 0 Å². The molecule has 5 saturated carbocycles. The van der Waals surface area contributed by atoms with Gasteiger partial charge < -0.3 is 10.4 Å². The molecule has 4 heteroatoms. The number of carbonyl (C=O) groups excluding carboxylic acids is 1. The number of ketones is 1.